The van der Waals surface area contributed by atoms with E-state index < -0.39 is 12.8 Å². The number of aryl methyl sites for hydroxylation is 3. The van der Waals surface area contributed by atoms with Crippen molar-refractivity contribution in [2.75, 3.05) is 17.9 Å². The zero-order valence-corrected chi connectivity index (χ0v) is 22.1. The molecule has 2 aliphatic carbocycles. The van der Waals surface area contributed by atoms with Crippen LogP contribution in [0.3, 0.4) is 0 Å². The van der Waals surface area contributed by atoms with Crippen molar-refractivity contribution in [2.45, 2.75) is 43.7 Å². The van der Waals surface area contributed by atoms with Crippen molar-refractivity contribution >= 4 is 61.5 Å². The van der Waals surface area contributed by atoms with E-state index in [0.29, 0.717) is 32.5 Å². The molecule has 0 bridgehead atoms. The van der Waals surface area contributed by atoms with E-state index in [9.17, 15) is 18.8 Å². The summed E-state index contributed by atoms with van der Waals surface area (Å²) in [7, 11) is 0. The van der Waals surface area contributed by atoms with Crippen LogP contribution in [0.1, 0.15) is 44.1 Å². The fourth-order valence-electron chi connectivity index (χ4n) is 5.05. The number of halogens is 1. The van der Waals surface area contributed by atoms with Crippen LogP contribution < -0.4 is 10.9 Å². The van der Waals surface area contributed by atoms with Gasteiger partial charge in [-0.3, -0.25) is 14.2 Å². The van der Waals surface area contributed by atoms with E-state index in [1.54, 1.807) is 15.9 Å². The second-order valence-corrected chi connectivity index (χ2v) is 12.0. The number of thiophene rings is 2. The molecule has 6 rings (SSSR count). The zero-order chi connectivity index (χ0) is 25.5. The summed E-state index contributed by atoms with van der Waals surface area (Å²) in [5.74, 6) is -1.13. The van der Waals surface area contributed by atoms with Crippen LogP contribution in [-0.2, 0) is 35.2 Å². The number of nitrogens with zero attached hydrogens (tertiary/aromatic N) is 2. The maximum absolute atomic E-state index is 13.7. The third-order valence-electron chi connectivity index (χ3n) is 6.62. The molecule has 190 valence electrons. The van der Waals surface area contributed by atoms with Gasteiger partial charge in [0.1, 0.15) is 9.83 Å². The van der Waals surface area contributed by atoms with Crippen molar-refractivity contribution in [3.63, 3.8) is 0 Å². The summed E-state index contributed by atoms with van der Waals surface area (Å²) in [6.45, 7) is -1.22. The molecule has 0 unspecified atom stereocenters. The van der Waals surface area contributed by atoms with Gasteiger partial charge in [-0.1, -0.05) is 30.0 Å². The molecule has 0 radical (unpaired) electrons. The summed E-state index contributed by atoms with van der Waals surface area (Å²) in [4.78, 5) is 46.9. The van der Waals surface area contributed by atoms with E-state index in [1.807, 2.05) is 30.3 Å². The van der Waals surface area contributed by atoms with E-state index in [4.69, 9.17) is 4.98 Å². The van der Waals surface area contributed by atoms with Crippen LogP contribution in [0, 0.1) is 0 Å². The Balaban J connectivity index is 1.30. The number of esters is 1. The third kappa shape index (κ3) is 4.38. The fraction of sp³-hybridized carbons (Fsp3) is 0.308. The first-order chi connectivity index (χ1) is 18.0. The number of thioether (sulfide) groups is 1. The smallest absolute Gasteiger partial charge is 0.343 e. The highest BCUT2D eigenvalue weighted by molar-refractivity contribution is 7.99. The van der Waals surface area contributed by atoms with Crippen LogP contribution >= 0.6 is 34.4 Å². The molecule has 0 atom stereocenters. The lowest BCUT2D eigenvalue weighted by molar-refractivity contribution is -0.113. The predicted octanol–water partition coefficient (Wildman–Crippen LogP) is 5.30. The molecular weight excluding hydrogens is 534 g/mol. The molecule has 1 amide bonds. The van der Waals surface area contributed by atoms with E-state index in [1.165, 1.54) is 28.0 Å². The summed E-state index contributed by atoms with van der Waals surface area (Å²) in [6.07, 6.45) is 5.33. The molecular formula is C26H22FN3O4S3. The van der Waals surface area contributed by atoms with Crippen molar-refractivity contribution in [3.05, 3.63) is 67.1 Å². The number of hydrogen-bond acceptors (Lipinski definition) is 8. The minimum absolute atomic E-state index is 0.0178. The number of alkyl halides is 1. The molecule has 11 heteroatoms. The number of fused-ring (bicyclic) bond motifs is 4. The van der Waals surface area contributed by atoms with Gasteiger partial charge >= 0.3 is 5.97 Å². The standard InChI is InChI=1S/C26H22FN3O4S3/c27-13-34-25(33)21-16-9-5-11-18(16)37-23(21)28-19(31)12-35-26-29-22-20(15-8-4-10-17(15)36-22)24(32)30(26)14-6-2-1-3-7-14/h1-3,6-7H,4-5,8-13H2,(H,28,31). The van der Waals surface area contributed by atoms with E-state index in [2.05, 4.69) is 10.1 Å². The molecule has 0 fully saturated rings. The van der Waals surface area contributed by atoms with Crippen LogP contribution in [0.4, 0.5) is 9.39 Å². The molecule has 0 spiro atoms. The van der Waals surface area contributed by atoms with Gasteiger partial charge in [-0.25, -0.2) is 14.2 Å². The largest absolute Gasteiger partial charge is 0.430 e. The van der Waals surface area contributed by atoms with Gasteiger partial charge < -0.3 is 10.1 Å². The Labute approximate surface area is 223 Å². The highest BCUT2D eigenvalue weighted by Crippen LogP contribution is 2.40. The van der Waals surface area contributed by atoms with Crippen molar-refractivity contribution in [2.24, 2.45) is 0 Å². The number of para-hydroxylation sites is 1. The van der Waals surface area contributed by atoms with Crippen LogP contribution in [0.15, 0.2) is 40.3 Å². The van der Waals surface area contributed by atoms with Gasteiger partial charge in [-0.05, 0) is 61.8 Å². The Morgan fingerprint density at radius 2 is 1.78 bits per heavy atom. The summed E-state index contributed by atoms with van der Waals surface area (Å²) >= 11 is 4.07. The first kappa shape index (κ1) is 24.3. The first-order valence-electron chi connectivity index (χ1n) is 12.0. The molecule has 0 saturated heterocycles. The number of rotatable bonds is 7. The summed E-state index contributed by atoms with van der Waals surface area (Å²) in [6, 6.07) is 9.30. The molecule has 1 aromatic carbocycles. The maximum Gasteiger partial charge on any atom is 0.343 e. The van der Waals surface area contributed by atoms with Gasteiger partial charge in [0.25, 0.3) is 5.56 Å². The summed E-state index contributed by atoms with van der Waals surface area (Å²) in [5.41, 5.74) is 2.76. The van der Waals surface area contributed by atoms with E-state index in [-0.39, 0.29) is 22.8 Å². The van der Waals surface area contributed by atoms with Gasteiger partial charge in [0.2, 0.25) is 12.8 Å². The molecule has 3 aromatic heterocycles. The Kier molecular flexibility index (Phi) is 6.60. The first-order valence-corrected chi connectivity index (χ1v) is 14.6. The van der Waals surface area contributed by atoms with Crippen LogP contribution in [0.5, 0.6) is 0 Å². The Morgan fingerprint density at radius 3 is 2.54 bits per heavy atom. The molecule has 4 aromatic rings. The third-order valence-corrected chi connectivity index (χ3v) is 9.95. The number of ether oxygens (including phenoxy) is 1. The number of aromatic nitrogens is 2. The molecule has 1 N–H and O–H groups in total. The summed E-state index contributed by atoms with van der Waals surface area (Å²) in [5, 5.41) is 4.31. The number of carbonyl (C=O) groups excluding carboxylic acids is 2. The van der Waals surface area contributed by atoms with Gasteiger partial charge in [-0.2, -0.15) is 0 Å². The molecule has 0 saturated carbocycles. The molecule has 37 heavy (non-hydrogen) atoms. The topological polar surface area (TPSA) is 90.3 Å². The fourth-order valence-corrected chi connectivity index (χ4v) is 8.46. The van der Waals surface area contributed by atoms with Crippen molar-refractivity contribution in [3.8, 4) is 5.69 Å². The average Bonchev–Trinajstić information content (AvgIpc) is 3.64. The van der Waals surface area contributed by atoms with Crippen molar-refractivity contribution in [1.29, 1.82) is 0 Å². The molecule has 0 aliphatic heterocycles. The Morgan fingerprint density at radius 1 is 1.05 bits per heavy atom. The normalized spacial score (nSPS) is 14.1. The lowest BCUT2D eigenvalue weighted by Gasteiger charge is -2.12. The highest BCUT2D eigenvalue weighted by atomic mass is 32.2. The highest BCUT2D eigenvalue weighted by Gasteiger charge is 2.29. The predicted molar refractivity (Wildman–Crippen MR) is 144 cm³/mol. The minimum atomic E-state index is -1.22. The quantitative estimate of drug-likeness (QED) is 0.189. The average molecular weight is 556 g/mol. The second-order valence-electron chi connectivity index (χ2n) is 8.85. The Bertz CT molecular complexity index is 1590. The number of benzene rings is 1. The number of carbonyl (C=O) groups is 2. The Hall–Kier alpha value is -3.02. The lowest BCUT2D eigenvalue weighted by Crippen LogP contribution is -2.23. The van der Waals surface area contributed by atoms with Crippen LogP contribution in [0.25, 0.3) is 15.9 Å². The second kappa shape index (κ2) is 10.0. The molecule has 3 heterocycles. The molecule has 7 nitrogen and oxygen atoms in total. The number of hydrogen-bond donors (Lipinski definition) is 1. The van der Waals surface area contributed by atoms with Gasteiger partial charge in [0.05, 0.1) is 22.4 Å². The SMILES string of the molecule is O=C(CSc1nc2sc3c(c2c(=O)n1-c1ccccc1)CCC3)Nc1sc2c(c1C(=O)OCF)CCC2. The van der Waals surface area contributed by atoms with Gasteiger partial charge in [-0.15, -0.1) is 22.7 Å². The van der Waals surface area contributed by atoms with Crippen LogP contribution in [-0.4, -0.2) is 34.0 Å². The van der Waals surface area contributed by atoms with Crippen LogP contribution in [0.2, 0.25) is 0 Å². The van der Waals surface area contributed by atoms with E-state index in [0.717, 1.165) is 48.1 Å². The maximum atomic E-state index is 13.7. The monoisotopic (exact) mass is 555 g/mol. The number of anilines is 1. The van der Waals surface area contributed by atoms with E-state index >= 15 is 0 Å². The lowest BCUT2D eigenvalue weighted by atomic mass is 10.1. The molecule has 2 aliphatic rings. The zero-order valence-electron chi connectivity index (χ0n) is 19.7. The number of amides is 1. The minimum Gasteiger partial charge on any atom is -0.430 e. The van der Waals surface area contributed by atoms with Gasteiger partial charge in [0.15, 0.2) is 5.16 Å². The summed E-state index contributed by atoms with van der Waals surface area (Å²) < 4.78 is 18.9. The van der Waals surface area contributed by atoms with Crippen molar-refractivity contribution in [1.82, 2.24) is 9.55 Å². The number of nitrogens with one attached hydrogen (secondary N) is 1. The van der Waals surface area contributed by atoms with Crippen molar-refractivity contribution < 1.29 is 18.7 Å². The van der Waals surface area contributed by atoms with Gasteiger partial charge in [0, 0.05) is 9.75 Å².